The number of rotatable bonds is 7. The molecule has 1 aromatic rings. The Hall–Kier alpha value is -1.00. The molecule has 2 aliphatic heterocycles. The molecule has 2 fully saturated rings. The molecule has 0 bridgehead atoms. The Morgan fingerprint density at radius 2 is 1.93 bits per heavy atom. The average molecular weight is 430 g/mol. The van der Waals surface area contributed by atoms with Crippen LogP contribution in [-0.2, 0) is 14.8 Å². The molecule has 158 valence electrons. The first-order valence-corrected chi connectivity index (χ1v) is 12.5. The number of amides is 1. The van der Waals surface area contributed by atoms with Crippen LogP contribution in [0.15, 0.2) is 12.1 Å². The lowest BCUT2D eigenvalue weighted by atomic mass is 10.0. The van der Waals surface area contributed by atoms with E-state index in [2.05, 4.69) is 4.90 Å². The van der Waals surface area contributed by atoms with Gasteiger partial charge in [-0.15, -0.1) is 11.3 Å². The van der Waals surface area contributed by atoms with Crippen molar-refractivity contribution < 1.29 is 17.9 Å². The molecule has 1 amide bonds. The largest absolute Gasteiger partial charge is 0.381 e. The fourth-order valence-corrected chi connectivity index (χ4v) is 5.81. The van der Waals surface area contributed by atoms with Gasteiger partial charge in [0.2, 0.25) is 10.0 Å². The first kappa shape index (κ1) is 21.7. The van der Waals surface area contributed by atoms with Crippen LogP contribution in [-0.4, -0.2) is 93.2 Å². The number of aryl methyl sites for hydroxylation is 1. The number of hydrogen-bond acceptors (Lipinski definition) is 6. The minimum absolute atomic E-state index is 0.0502. The zero-order chi connectivity index (χ0) is 20.3. The first-order valence-electron chi connectivity index (χ1n) is 9.86. The van der Waals surface area contributed by atoms with Crippen LogP contribution in [0.3, 0.4) is 0 Å². The second-order valence-electron chi connectivity index (χ2n) is 7.78. The molecule has 1 unspecified atom stereocenters. The Morgan fingerprint density at radius 1 is 1.21 bits per heavy atom. The lowest BCUT2D eigenvalue weighted by Gasteiger charge is -2.39. The summed E-state index contributed by atoms with van der Waals surface area (Å²) in [6, 6.07) is 4.44. The summed E-state index contributed by atoms with van der Waals surface area (Å²) in [5, 5.41) is 0. The number of ether oxygens (including phenoxy) is 1. The molecule has 0 saturated carbocycles. The van der Waals surface area contributed by atoms with E-state index in [1.165, 1.54) is 17.6 Å². The Morgan fingerprint density at radius 3 is 2.50 bits per heavy atom. The van der Waals surface area contributed by atoms with E-state index in [-0.39, 0.29) is 11.9 Å². The van der Waals surface area contributed by atoms with Crippen LogP contribution in [0, 0.1) is 6.92 Å². The van der Waals surface area contributed by atoms with Gasteiger partial charge in [-0.25, -0.2) is 12.7 Å². The maximum Gasteiger partial charge on any atom is 0.263 e. The highest BCUT2D eigenvalue weighted by atomic mass is 32.2. The van der Waals surface area contributed by atoms with Crippen LogP contribution < -0.4 is 0 Å². The van der Waals surface area contributed by atoms with Gasteiger partial charge in [0.05, 0.1) is 11.1 Å². The number of likely N-dealkylation sites (N-methyl/N-ethyl adjacent to an activating group) is 1. The molecule has 0 N–H and O–H groups in total. The Labute approximate surface area is 172 Å². The minimum atomic E-state index is -3.16. The summed E-state index contributed by atoms with van der Waals surface area (Å²) >= 11 is 1.52. The second kappa shape index (κ2) is 9.21. The molecule has 3 heterocycles. The summed E-state index contributed by atoms with van der Waals surface area (Å²) in [5.74, 6) is 0.0502. The molecule has 0 radical (unpaired) electrons. The van der Waals surface area contributed by atoms with Crippen molar-refractivity contribution in [2.24, 2.45) is 0 Å². The number of carbonyl (C=O) groups excluding carboxylic acids is 1. The van der Waals surface area contributed by atoms with Crippen LogP contribution in [0.5, 0.6) is 0 Å². The summed E-state index contributed by atoms with van der Waals surface area (Å²) in [6.07, 6.45) is 4.03. The molecule has 9 heteroatoms. The topological polar surface area (TPSA) is 70.2 Å². The second-order valence-corrected chi connectivity index (χ2v) is 11.1. The SMILES string of the molecule is Cc1ccc(C(=O)N(C)CCN(C2CCOCC2)C2CCN(S(C)(=O)=O)C2)s1. The molecule has 7 nitrogen and oxygen atoms in total. The van der Waals surface area contributed by atoms with E-state index < -0.39 is 10.0 Å². The van der Waals surface area contributed by atoms with Gasteiger partial charge in [-0.3, -0.25) is 9.69 Å². The van der Waals surface area contributed by atoms with E-state index >= 15 is 0 Å². The Kier molecular flexibility index (Phi) is 7.14. The first-order chi connectivity index (χ1) is 13.3. The van der Waals surface area contributed by atoms with E-state index in [4.69, 9.17) is 4.74 Å². The molecular formula is C19H31N3O4S2. The summed E-state index contributed by atoms with van der Waals surface area (Å²) in [5.41, 5.74) is 0. The number of sulfonamides is 1. The number of hydrogen-bond donors (Lipinski definition) is 0. The van der Waals surface area contributed by atoms with Crippen molar-refractivity contribution >= 4 is 27.3 Å². The molecule has 0 aromatic carbocycles. The van der Waals surface area contributed by atoms with Crippen LogP contribution in [0.2, 0.25) is 0 Å². The van der Waals surface area contributed by atoms with Gasteiger partial charge in [0.25, 0.3) is 5.91 Å². The number of nitrogens with zero attached hydrogens (tertiary/aromatic N) is 3. The summed E-state index contributed by atoms with van der Waals surface area (Å²) in [6.45, 7) is 5.98. The maximum atomic E-state index is 12.7. The van der Waals surface area contributed by atoms with Crippen molar-refractivity contribution in [3.05, 3.63) is 21.9 Å². The third-order valence-corrected chi connectivity index (χ3v) is 7.97. The quantitative estimate of drug-likeness (QED) is 0.659. The van der Waals surface area contributed by atoms with E-state index in [0.717, 1.165) is 48.8 Å². The van der Waals surface area contributed by atoms with Crippen molar-refractivity contribution in [3.8, 4) is 0 Å². The normalized spacial score (nSPS) is 22.1. The molecular weight excluding hydrogens is 398 g/mol. The molecule has 0 aliphatic carbocycles. The van der Waals surface area contributed by atoms with Gasteiger partial charge >= 0.3 is 0 Å². The van der Waals surface area contributed by atoms with Gasteiger partial charge in [-0.1, -0.05) is 0 Å². The highest BCUT2D eigenvalue weighted by Gasteiger charge is 2.36. The minimum Gasteiger partial charge on any atom is -0.381 e. The standard InChI is InChI=1S/C19H31N3O4S2/c1-15-4-5-18(27-15)19(23)20(2)10-11-22(16-7-12-26-13-8-16)17-6-9-21(14-17)28(3,24)25/h4-5,16-17H,6-14H2,1-3H3. The molecule has 0 spiro atoms. The van der Waals surface area contributed by atoms with Crippen LogP contribution in [0.25, 0.3) is 0 Å². The lowest BCUT2D eigenvalue weighted by molar-refractivity contribution is 0.0158. The molecule has 28 heavy (non-hydrogen) atoms. The Balaban J connectivity index is 1.65. The number of carbonyl (C=O) groups is 1. The monoisotopic (exact) mass is 429 g/mol. The van der Waals surface area contributed by atoms with Gasteiger partial charge in [0.1, 0.15) is 0 Å². The zero-order valence-electron chi connectivity index (χ0n) is 17.0. The van der Waals surface area contributed by atoms with Crippen molar-refractivity contribution in [1.29, 1.82) is 0 Å². The van der Waals surface area contributed by atoms with Crippen LogP contribution in [0.4, 0.5) is 0 Å². The third-order valence-electron chi connectivity index (χ3n) is 5.72. The number of thiophene rings is 1. The van der Waals surface area contributed by atoms with E-state index in [9.17, 15) is 13.2 Å². The van der Waals surface area contributed by atoms with Gasteiger partial charge in [-0.05, 0) is 38.3 Å². The van der Waals surface area contributed by atoms with Crippen molar-refractivity contribution in [1.82, 2.24) is 14.1 Å². The van der Waals surface area contributed by atoms with Crippen LogP contribution in [0.1, 0.15) is 33.8 Å². The molecule has 2 aliphatic rings. The average Bonchev–Trinajstić information content (AvgIpc) is 3.31. The smallest absolute Gasteiger partial charge is 0.263 e. The molecule has 1 aromatic heterocycles. The molecule has 1 atom stereocenters. The highest BCUT2D eigenvalue weighted by Crippen LogP contribution is 2.24. The fourth-order valence-electron chi connectivity index (χ4n) is 4.07. The maximum absolute atomic E-state index is 12.7. The van der Waals surface area contributed by atoms with Gasteiger partial charge < -0.3 is 9.64 Å². The summed E-state index contributed by atoms with van der Waals surface area (Å²) < 4.78 is 30.9. The predicted octanol–water partition coefficient (Wildman–Crippen LogP) is 1.64. The van der Waals surface area contributed by atoms with Crippen molar-refractivity contribution in [2.75, 3.05) is 52.7 Å². The van der Waals surface area contributed by atoms with Gasteiger partial charge in [-0.2, -0.15) is 0 Å². The van der Waals surface area contributed by atoms with Crippen molar-refractivity contribution in [2.45, 2.75) is 38.3 Å². The Bertz CT molecular complexity index is 774. The van der Waals surface area contributed by atoms with Crippen LogP contribution >= 0.6 is 11.3 Å². The highest BCUT2D eigenvalue weighted by molar-refractivity contribution is 7.88. The third kappa shape index (κ3) is 5.33. The van der Waals surface area contributed by atoms with E-state index in [0.29, 0.717) is 25.7 Å². The van der Waals surface area contributed by atoms with Crippen molar-refractivity contribution in [3.63, 3.8) is 0 Å². The zero-order valence-corrected chi connectivity index (χ0v) is 18.6. The summed E-state index contributed by atoms with van der Waals surface area (Å²) in [7, 11) is -1.32. The van der Waals surface area contributed by atoms with E-state index in [1.807, 2.05) is 26.1 Å². The molecule has 2 saturated heterocycles. The fraction of sp³-hybridized carbons (Fsp3) is 0.737. The lowest BCUT2D eigenvalue weighted by Crippen LogP contribution is -2.50. The molecule has 3 rings (SSSR count). The van der Waals surface area contributed by atoms with E-state index in [1.54, 1.807) is 9.21 Å². The van der Waals surface area contributed by atoms with Gasteiger partial charge in [0.15, 0.2) is 0 Å². The predicted molar refractivity (Wildman–Crippen MR) is 111 cm³/mol. The van der Waals surface area contributed by atoms with Gasteiger partial charge in [0, 0.05) is 63.4 Å². The summed E-state index contributed by atoms with van der Waals surface area (Å²) in [4.78, 5) is 18.8.